The molecule has 1 aliphatic carbocycles. The highest BCUT2D eigenvalue weighted by atomic mass is 15.4. The average molecular weight is 417 g/mol. The molecule has 160 valence electrons. The van der Waals surface area contributed by atoms with Gasteiger partial charge in [0.05, 0.1) is 29.3 Å². The second-order valence-electron chi connectivity index (χ2n) is 9.10. The van der Waals surface area contributed by atoms with Gasteiger partial charge in [-0.3, -0.25) is 0 Å². The number of aromatic nitrogens is 6. The van der Waals surface area contributed by atoms with Crippen LogP contribution in [-0.4, -0.2) is 54.3 Å². The molecule has 1 saturated carbocycles. The Morgan fingerprint density at radius 2 is 2.03 bits per heavy atom. The van der Waals surface area contributed by atoms with Gasteiger partial charge in [-0.05, 0) is 51.8 Å². The number of nitrogens with zero attached hydrogens (tertiary/aromatic N) is 6. The number of H-pyrrole nitrogens is 1. The van der Waals surface area contributed by atoms with E-state index in [0.29, 0.717) is 24.5 Å². The maximum absolute atomic E-state index is 5.03. The Morgan fingerprint density at radius 1 is 1.16 bits per heavy atom. The summed E-state index contributed by atoms with van der Waals surface area (Å²) in [4.78, 5) is 20.3. The van der Waals surface area contributed by atoms with E-state index in [2.05, 4.69) is 38.8 Å². The van der Waals surface area contributed by atoms with Crippen molar-refractivity contribution in [3.8, 4) is 0 Å². The first-order valence-electron chi connectivity index (χ1n) is 11.3. The van der Waals surface area contributed by atoms with Gasteiger partial charge in [0.2, 0.25) is 0 Å². The first-order valence-corrected chi connectivity index (χ1v) is 11.3. The molecule has 2 fully saturated rings. The van der Waals surface area contributed by atoms with Crippen LogP contribution in [0, 0.1) is 0 Å². The molecule has 2 aliphatic rings. The monoisotopic (exact) mass is 416 g/mol. The van der Waals surface area contributed by atoms with Gasteiger partial charge in [0.25, 0.3) is 0 Å². The van der Waals surface area contributed by atoms with Crippen LogP contribution >= 0.6 is 0 Å². The van der Waals surface area contributed by atoms with Crippen LogP contribution in [0.1, 0.15) is 56.1 Å². The Bertz CT molecular complexity index is 1200. The number of benzene rings is 1. The molecule has 1 saturated heterocycles. The van der Waals surface area contributed by atoms with Gasteiger partial charge in [0.1, 0.15) is 5.82 Å². The topological polar surface area (TPSA) is 87.5 Å². The summed E-state index contributed by atoms with van der Waals surface area (Å²) in [6.45, 7) is 3.93. The number of nitrogens with one attached hydrogen (secondary N) is 2. The normalized spacial score (nSPS) is 22.4. The van der Waals surface area contributed by atoms with E-state index in [1.807, 2.05) is 30.5 Å². The summed E-state index contributed by atoms with van der Waals surface area (Å²) in [6.07, 6.45) is 6.53. The summed E-state index contributed by atoms with van der Waals surface area (Å²) in [6, 6.07) is 8.96. The lowest BCUT2D eigenvalue weighted by atomic mass is 9.99. The highest BCUT2D eigenvalue weighted by Gasteiger charge is 2.30. The summed E-state index contributed by atoms with van der Waals surface area (Å²) >= 11 is 0. The van der Waals surface area contributed by atoms with Gasteiger partial charge < -0.3 is 15.2 Å². The van der Waals surface area contributed by atoms with Gasteiger partial charge in [-0.25, -0.2) is 19.6 Å². The second kappa shape index (κ2) is 7.30. The smallest absolute Gasteiger partial charge is 0.179 e. The minimum atomic E-state index is 0.346. The molecule has 8 heteroatoms. The van der Waals surface area contributed by atoms with E-state index in [1.165, 1.54) is 12.8 Å². The lowest BCUT2D eigenvalue weighted by Gasteiger charge is -2.35. The van der Waals surface area contributed by atoms with Crippen LogP contribution in [0.15, 0.2) is 30.5 Å². The fourth-order valence-corrected chi connectivity index (χ4v) is 4.61. The molecule has 2 atom stereocenters. The van der Waals surface area contributed by atoms with E-state index in [1.54, 1.807) is 0 Å². The number of fused-ring (bicyclic) bond motifs is 2. The molecule has 4 aromatic rings. The summed E-state index contributed by atoms with van der Waals surface area (Å²) in [5, 5.41) is 8.45. The molecule has 31 heavy (non-hydrogen) atoms. The lowest BCUT2D eigenvalue weighted by molar-refractivity contribution is 0.153. The van der Waals surface area contributed by atoms with Crippen LogP contribution in [0.25, 0.3) is 22.2 Å². The van der Waals surface area contributed by atoms with Crippen LogP contribution in [0.5, 0.6) is 0 Å². The number of aromatic amines is 1. The predicted molar refractivity (Wildman–Crippen MR) is 121 cm³/mol. The van der Waals surface area contributed by atoms with Crippen molar-refractivity contribution in [3.05, 3.63) is 42.0 Å². The van der Waals surface area contributed by atoms with Crippen LogP contribution in [-0.2, 0) is 6.54 Å². The number of hydrogen-bond donors (Lipinski definition) is 2. The van der Waals surface area contributed by atoms with Crippen molar-refractivity contribution in [3.63, 3.8) is 0 Å². The van der Waals surface area contributed by atoms with E-state index < -0.39 is 0 Å². The fraction of sp³-hybridized carbons (Fsp3) is 0.478. The average Bonchev–Trinajstić information content (AvgIpc) is 3.45. The van der Waals surface area contributed by atoms with E-state index in [-0.39, 0.29) is 0 Å². The molecular weight excluding hydrogens is 388 g/mol. The first kappa shape index (κ1) is 18.7. The SMILES string of the molecule is C[C@H]1C[C@H](n2nc(NCc3nc4ccccc4[nH]3)c3ncc(C4CC4)nc32)CCN1C. The first-order chi connectivity index (χ1) is 15.2. The summed E-state index contributed by atoms with van der Waals surface area (Å²) < 4.78 is 2.14. The van der Waals surface area contributed by atoms with E-state index in [4.69, 9.17) is 15.1 Å². The van der Waals surface area contributed by atoms with Crippen molar-refractivity contribution in [2.24, 2.45) is 0 Å². The molecule has 0 amide bonds. The minimum absolute atomic E-state index is 0.346. The number of imidazole rings is 1. The summed E-state index contributed by atoms with van der Waals surface area (Å²) in [7, 11) is 2.20. The standard InChI is InChI=1S/C23H28N8/c1-14-11-16(9-10-30(14)2)31-23-21(24-12-19(28-23)15-7-8-15)22(29-31)25-13-20-26-17-5-3-4-6-18(17)27-20/h3-6,12,14-16H,7-11,13H2,1-2H3,(H,25,29)(H,26,27)/t14-,16+/m0/s1. The molecule has 0 unspecified atom stereocenters. The quantitative estimate of drug-likeness (QED) is 0.514. The molecule has 4 heterocycles. The number of hydrogen-bond acceptors (Lipinski definition) is 6. The van der Waals surface area contributed by atoms with E-state index in [0.717, 1.165) is 58.9 Å². The van der Waals surface area contributed by atoms with Crippen LogP contribution in [0.4, 0.5) is 5.82 Å². The summed E-state index contributed by atoms with van der Waals surface area (Å²) in [5.74, 6) is 2.25. The van der Waals surface area contributed by atoms with Gasteiger partial charge in [0, 0.05) is 24.7 Å². The van der Waals surface area contributed by atoms with Crippen molar-refractivity contribution in [2.45, 2.75) is 57.2 Å². The molecule has 8 nitrogen and oxygen atoms in total. The highest BCUT2D eigenvalue weighted by Crippen LogP contribution is 2.40. The van der Waals surface area contributed by atoms with Crippen molar-refractivity contribution in [1.29, 1.82) is 0 Å². The molecular formula is C23H28N8. The molecule has 1 aliphatic heterocycles. The van der Waals surface area contributed by atoms with E-state index >= 15 is 0 Å². The summed E-state index contributed by atoms with van der Waals surface area (Å²) in [5.41, 5.74) is 4.90. The van der Waals surface area contributed by atoms with Gasteiger partial charge in [0.15, 0.2) is 17.0 Å². The molecule has 2 N–H and O–H groups in total. The van der Waals surface area contributed by atoms with Crippen molar-refractivity contribution in [2.75, 3.05) is 18.9 Å². The molecule has 0 radical (unpaired) electrons. The third kappa shape index (κ3) is 3.44. The van der Waals surface area contributed by atoms with E-state index in [9.17, 15) is 0 Å². The molecule has 0 spiro atoms. The highest BCUT2D eigenvalue weighted by molar-refractivity contribution is 5.83. The number of rotatable bonds is 5. The fourth-order valence-electron chi connectivity index (χ4n) is 4.61. The van der Waals surface area contributed by atoms with Crippen molar-refractivity contribution >= 4 is 28.0 Å². The maximum atomic E-state index is 5.03. The second-order valence-corrected chi connectivity index (χ2v) is 9.10. The lowest BCUT2D eigenvalue weighted by Crippen LogP contribution is -2.38. The number of piperidine rings is 1. The minimum Gasteiger partial charge on any atom is -0.360 e. The zero-order valence-electron chi connectivity index (χ0n) is 18.0. The third-order valence-corrected chi connectivity index (χ3v) is 6.81. The van der Waals surface area contributed by atoms with Gasteiger partial charge >= 0.3 is 0 Å². The van der Waals surface area contributed by atoms with Crippen molar-refractivity contribution in [1.82, 2.24) is 34.6 Å². The van der Waals surface area contributed by atoms with Gasteiger partial charge in [-0.15, -0.1) is 0 Å². The Balaban J connectivity index is 1.33. The Labute approximate surface area is 181 Å². The Kier molecular flexibility index (Phi) is 4.41. The molecule has 1 aromatic carbocycles. The largest absolute Gasteiger partial charge is 0.360 e. The molecule has 3 aromatic heterocycles. The zero-order valence-corrected chi connectivity index (χ0v) is 18.0. The Hall–Kier alpha value is -3.00. The zero-order chi connectivity index (χ0) is 20.9. The van der Waals surface area contributed by atoms with Crippen LogP contribution in [0.2, 0.25) is 0 Å². The Morgan fingerprint density at radius 3 is 2.84 bits per heavy atom. The molecule has 6 rings (SSSR count). The van der Waals surface area contributed by atoms with Gasteiger partial charge in [-0.2, -0.15) is 5.10 Å². The number of anilines is 1. The van der Waals surface area contributed by atoms with Gasteiger partial charge in [-0.1, -0.05) is 12.1 Å². The number of para-hydroxylation sites is 2. The van der Waals surface area contributed by atoms with Crippen LogP contribution in [0.3, 0.4) is 0 Å². The third-order valence-electron chi connectivity index (χ3n) is 6.81. The van der Waals surface area contributed by atoms with Crippen LogP contribution < -0.4 is 5.32 Å². The molecule has 0 bridgehead atoms. The van der Waals surface area contributed by atoms with Crippen molar-refractivity contribution < 1.29 is 0 Å². The predicted octanol–water partition coefficient (Wildman–Crippen LogP) is 3.85. The number of likely N-dealkylation sites (tertiary alicyclic amines) is 1. The maximum Gasteiger partial charge on any atom is 0.179 e.